The maximum absolute atomic E-state index is 11.6. The number of rotatable bonds is 4. The van der Waals surface area contributed by atoms with Gasteiger partial charge in [0.1, 0.15) is 0 Å². The van der Waals surface area contributed by atoms with Gasteiger partial charge in [-0.1, -0.05) is 31.9 Å². The van der Waals surface area contributed by atoms with Crippen molar-refractivity contribution in [2.24, 2.45) is 10.9 Å². The fourth-order valence-corrected chi connectivity index (χ4v) is 3.28. The van der Waals surface area contributed by atoms with Crippen molar-refractivity contribution < 1.29 is 4.79 Å². The molecule has 1 aromatic carbocycles. The normalized spacial score (nSPS) is 22.1. The van der Waals surface area contributed by atoms with Crippen LogP contribution < -0.4 is 0 Å². The fraction of sp³-hybridized carbons (Fsp3) is 0.529. The molecule has 0 aromatic heterocycles. The number of thiocarbonyl (C=S) groups is 1. The monoisotopic (exact) mass is 287 g/mol. The molecule has 0 heterocycles. The Labute approximate surface area is 126 Å². The van der Waals surface area contributed by atoms with Crippen LogP contribution in [0.25, 0.3) is 0 Å². The molecule has 0 atom stereocenters. The Hall–Kier alpha value is -1.31. The van der Waals surface area contributed by atoms with Gasteiger partial charge < -0.3 is 0 Å². The first-order chi connectivity index (χ1) is 9.74. The molecular formula is C17H21NOS. The van der Waals surface area contributed by atoms with Crippen molar-refractivity contribution in [1.82, 2.24) is 0 Å². The molecule has 106 valence electrons. The van der Waals surface area contributed by atoms with Gasteiger partial charge in [0.15, 0.2) is 0 Å². The van der Waals surface area contributed by atoms with E-state index in [0.717, 1.165) is 5.92 Å². The zero-order valence-corrected chi connectivity index (χ0v) is 12.8. The van der Waals surface area contributed by atoms with Crippen molar-refractivity contribution >= 4 is 23.3 Å². The van der Waals surface area contributed by atoms with Crippen LogP contribution in [0.5, 0.6) is 0 Å². The van der Waals surface area contributed by atoms with Crippen LogP contribution in [-0.2, 0) is 0 Å². The molecular weight excluding hydrogens is 266 g/mol. The van der Waals surface area contributed by atoms with E-state index in [1.54, 1.807) is 0 Å². The zero-order valence-electron chi connectivity index (χ0n) is 12.0. The Morgan fingerprint density at radius 1 is 1.25 bits per heavy atom. The van der Waals surface area contributed by atoms with E-state index in [0.29, 0.717) is 11.5 Å². The Morgan fingerprint density at radius 2 is 1.90 bits per heavy atom. The molecule has 0 spiro atoms. The summed E-state index contributed by atoms with van der Waals surface area (Å²) in [5.74, 6) is 1.27. The number of hydrogen-bond acceptors (Lipinski definition) is 2. The molecule has 0 N–H and O–H groups in total. The van der Waals surface area contributed by atoms with Crippen molar-refractivity contribution in [1.29, 1.82) is 0 Å². The van der Waals surface area contributed by atoms with E-state index < -0.39 is 0 Å². The molecule has 20 heavy (non-hydrogen) atoms. The standard InChI is InChI=1S/C17H21NOS/c1-2-3-13-4-6-14(7-5-13)15-8-10-16(11-9-15)17(19)18-12-20/h8-11,13-14H,2-7H2,1H3. The summed E-state index contributed by atoms with van der Waals surface area (Å²) >= 11 is 4.45. The summed E-state index contributed by atoms with van der Waals surface area (Å²) in [5.41, 5.74) is 1.94. The molecule has 0 saturated heterocycles. The molecule has 1 fully saturated rings. The van der Waals surface area contributed by atoms with Gasteiger partial charge in [0.25, 0.3) is 5.91 Å². The first kappa shape index (κ1) is 15.1. The van der Waals surface area contributed by atoms with E-state index in [1.807, 2.05) is 12.1 Å². The van der Waals surface area contributed by atoms with Crippen molar-refractivity contribution in [2.75, 3.05) is 0 Å². The van der Waals surface area contributed by atoms with Crippen LogP contribution in [0.3, 0.4) is 0 Å². The quantitative estimate of drug-likeness (QED) is 0.576. The van der Waals surface area contributed by atoms with Gasteiger partial charge in [-0.15, -0.1) is 0 Å². The van der Waals surface area contributed by atoms with Gasteiger partial charge in [0.05, 0.1) is 5.16 Å². The highest BCUT2D eigenvalue weighted by Gasteiger charge is 2.21. The average molecular weight is 287 g/mol. The molecule has 2 nitrogen and oxygen atoms in total. The van der Waals surface area contributed by atoms with Crippen LogP contribution in [0.2, 0.25) is 0 Å². The van der Waals surface area contributed by atoms with Crippen LogP contribution >= 0.6 is 12.2 Å². The SMILES string of the molecule is CCCC1CCC(c2ccc(C(=O)N=C=S)cc2)CC1. The molecule has 1 aliphatic rings. The van der Waals surface area contributed by atoms with E-state index in [2.05, 4.69) is 41.4 Å². The number of aliphatic imine (C=N–C) groups is 1. The number of benzene rings is 1. The largest absolute Gasteiger partial charge is 0.285 e. The summed E-state index contributed by atoms with van der Waals surface area (Å²) in [5, 5.41) is 2.12. The molecule has 1 saturated carbocycles. The number of amides is 1. The molecule has 3 heteroatoms. The highest BCUT2D eigenvalue weighted by Crippen LogP contribution is 2.37. The van der Waals surface area contributed by atoms with Crippen molar-refractivity contribution in [3.63, 3.8) is 0 Å². The van der Waals surface area contributed by atoms with Crippen molar-refractivity contribution in [2.45, 2.75) is 51.4 Å². The first-order valence-corrected chi connectivity index (χ1v) is 7.87. The smallest absolute Gasteiger partial charge is 0.266 e. The fourth-order valence-electron chi connectivity index (χ4n) is 3.20. The van der Waals surface area contributed by atoms with Gasteiger partial charge in [-0.25, -0.2) is 0 Å². The third-order valence-corrected chi connectivity index (χ3v) is 4.41. The topological polar surface area (TPSA) is 29.4 Å². The maximum Gasteiger partial charge on any atom is 0.285 e. The van der Waals surface area contributed by atoms with Crippen molar-refractivity contribution in [3.05, 3.63) is 35.4 Å². The second-order valence-electron chi connectivity index (χ2n) is 5.64. The van der Waals surface area contributed by atoms with Crippen LogP contribution in [-0.4, -0.2) is 11.1 Å². The molecule has 0 bridgehead atoms. The molecule has 0 unspecified atom stereocenters. The number of isothiocyanates is 1. The molecule has 1 aliphatic carbocycles. The number of carbonyl (C=O) groups excluding carboxylic acids is 1. The van der Waals surface area contributed by atoms with Gasteiger partial charge in [-0.3, -0.25) is 4.79 Å². The van der Waals surface area contributed by atoms with E-state index >= 15 is 0 Å². The lowest BCUT2D eigenvalue weighted by molar-refractivity contribution is 0.100. The lowest BCUT2D eigenvalue weighted by atomic mass is 9.77. The second-order valence-corrected chi connectivity index (χ2v) is 5.82. The minimum atomic E-state index is -0.307. The molecule has 1 aromatic rings. The Kier molecular flexibility index (Phi) is 5.63. The average Bonchev–Trinajstić information content (AvgIpc) is 2.49. The molecule has 2 rings (SSSR count). The van der Waals surface area contributed by atoms with E-state index in [4.69, 9.17) is 0 Å². The van der Waals surface area contributed by atoms with Crippen molar-refractivity contribution in [3.8, 4) is 0 Å². The van der Waals surface area contributed by atoms with E-state index in [9.17, 15) is 4.79 Å². The first-order valence-electron chi connectivity index (χ1n) is 7.46. The summed E-state index contributed by atoms with van der Waals surface area (Å²) in [7, 11) is 0. The van der Waals surface area contributed by atoms with Gasteiger partial charge >= 0.3 is 0 Å². The Balaban J connectivity index is 1.97. The summed E-state index contributed by atoms with van der Waals surface area (Å²) in [6, 6.07) is 7.84. The van der Waals surface area contributed by atoms with Crippen LogP contribution in [0, 0.1) is 5.92 Å². The van der Waals surface area contributed by atoms with Crippen LogP contribution in [0.1, 0.15) is 67.3 Å². The Bertz CT molecular complexity index is 494. The number of carbonyl (C=O) groups is 1. The third kappa shape index (κ3) is 3.84. The Morgan fingerprint density at radius 3 is 2.45 bits per heavy atom. The summed E-state index contributed by atoms with van der Waals surface area (Å²) in [6.45, 7) is 2.27. The van der Waals surface area contributed by atoms with E-state index in [1.165, 1.54) is 44.1 Å². The lowest BCUT2D eigenvalue weighted by Gasteiger charge is -2.28. The number of hydrogen-bond donors (Lipinski definition) is 0. The highest BCUT2D eigenvalue weighted by molar-refractivity contribution is 7.78. The second kappa shape index (κ2) is 7.47. The minimum Gasteiger partial charge on any atom is -0.266 e. The zero-order chi connectivity index (χ0) is 14.4. The van der Waals surface area contributed by atoms with Gasteiger partial charge in [-0.2, -0.15) is 4.99 Å². The lowest BCUT2D eigenvalue weighted by Crippen LogP contribution is -2.13. The number of nitrogens with zero attached hydrogens (tertiary/aromatic N) is 1. The van der Waals surface area contributed by atoms with Crippen LogP contribution in [0.4, 0.5) is 0 Å². The molecule has 0 aliphatic heterocycles. The summed E-state index contributed by atoms with van der Waals surface area (Å²) in [4.78, 5) is 15.0. The third-order valence-electron chi connectivity index (χ3n) is 4.32. The van der Waals surface area contributed by atoms with E-state index in [-0.39, 0.29) is 5.91 Å². The molecule has 0 radical (unpaired) electrons. The van der Waals surface area contributed by atoms with Gasteiger partial charge in [0, 0.05) is 5.56 Å². The van der Waals surface area contributed by atoms with Gasteiger partial charge in [0.2, 0.25) is 0 Å². The van der Waals surface area contributed by atoms with Gasteiger partial charge in [-0.05, 0) is 67.4 Å². The predicted octanol–water partition coefficient (Wildman–Crippen LogP) is 5.00. The molecule has 1 amide bonds. The highest BCUT2D eigenvalue weighted by atomic mass is 32.1. The predicted molar refractivity (Wildman–Crippen MR) is 85.4 cm³/mol. The summed E-state index contributed by atoms with van der Waals surface area (Å²) < 4.78 is 0. The summed E-state index contributed by atoms with van der Waals surface area (Å²) in [6.07, 6.45) is 7.90. The van der Waals surface area contributed by atoms with Crippen LogP contribution in [0.15, 0.2) is 29.3 Å². The maximum atomic E-state index is 11.6. The minimum absolute atomic E-state index is 0.307.